The van der Waals surface area contributed by atoms with Crippen LogP contribution < -0.4 is 5.32 Å². The summed E-state index contributed by atoms with van der Waals surface area (Å²) in [6.07, 6.45) is 13.5. The van der Waals surface area contributed by atoms with Gasteiger partial charge in [0, 0.05) is 17.7 Å². The molecule has 1 saturated carbocycles. The summed E-state index contributed by atoms with van der Waals surface area (Å²) in [6.45, 7) is 13.5. The standard InChI is InChI=1S/C25H35NO3.C3H6O2.C2H6/c1-4-7-13-20(5-2)24(28)29-18-21-14-9-10-15-22(21)23(27)26-19-25(6-3)16-11-8-12-17-25;1-2-5-3-4;1-2/h5,7,9-10,13-15H,4,6,8,11-12,16-19H2,1-3H3,(H,26,27);3H,2H2,1H3;1-2H3/b13-7-,20-5+;;. The molecule has 6 nitrogen and oxygen atoms in total. The molecule has 1 aliphatic rings. The van der Waals surface area contributed by atoms with Gasteiger partial charge < -0.3 is 14.8 Å². The first-order valence-corrected chi connectivity index (χ1v) is 13.4. The maximum atomic E-state index is 12.9. The van der Waals surface area contributed by atoms with E-state index in [4.69, 9.17) is 4.74 Å². The van der Waals surface area contributed by atoms with Gasteiger partial charge >= 0.3 is 5.97 Å². The van der Waals surface area contributed by atoms with Crippen LogP contribution >= 0.6 is 0 Å². The molecule has 0 aromatic heterocycles. The minimum Gasteiger partial charge on any atom is -0.468 e. The number of allylic oxidation sites excluding steroid dienone is 2. The van der Waals surface area contributed by atoms with E-state index in [0.717, 1.165) is 18.4 Å². The summed E-state index contributed by atoms with van der Waals surface area (Å²) in [5.41, 5.74) is 2.05. The number of benzene rings is 1. The molecule has 0 spiro atoms. The van der Waals surface area contributed by atoms with Crippen molar-refractivity contribution in [3.8, 4) is 0 Å². The minimum atomic E-state index is -0.375. The molecule has 1 fully saturated rings. The average Bonchev–Trinajstić information content (AvgIpc) is 2.93. The molecule has 6 heteroatoms. The van der Waals surface area contributed by atoms with E-state index in [9.17, 15) is 14.4 Å². The Hall–Kier alpha value is -2.89. The molecule has 0 aliphatic heterocycles. The molecule has 202 valence electrons. The van der Waals surface area contributed by atoms with Crippen molar-refractivity contribution in [3.63, 3.8) is 0 Å². The van der Waals surface area contributed by atoms with Gasteiger partial charge in [-0.15, -0.1) is 0 Å². The molecule has 0 bridgehead atoms. The normalized spacial score (nSPS) is 14.4. The lowest BCUT2D eigenvalue weighted by Crippen LogP contribution is -2.39. The number of hydrogen-bond donors (Lipinski definition) is 1. The van der Waals surface area contributed by atoms with Gasteiger partial charge in [0.05, 0.1) is 12.2 Å². The Morgan fingerprint density at radius 1 is 1.06 bits per heavy atom. The molecule has 2 rings (SSSR count). The number of amides is 1. The first-order chi connectivity index (χ1) is 17.5. The largest absolute Gasteiger partial charge is 0.468 e. The van der Waals surface area contributed by atoms with E-state index in [0.29, 0.717) is 30.8 Å². The Kier molecular flexibility index (Phi) is 18.7. The van der Waals surface area contributed by atoms with Crippen LogP contribution in [0.15, 0.2) is 48.1 Å². The molecule has 0 radical (unpaired) electrons. The maximum absolute atomic E-state index is 12.9. The highest BCUT2D eigenvalue weighted by molar-refractivity contribution is 5.96. The zero-order chi connectivity index (χ0) is 27.2. The third-order valence-corrected chi connectivity index (χ3v) is 6.22. The molecule has 0 atom stereocenters. The van der Waals surface area contributed by atoms with Crippen molar-refractivity contribution < 1.29 is 23.9 Å². The first kappa shape index (κ1) is 33.1. The van der Waals surface area contributed by atoms with E-state index < -0.39 is 0 Å². The van der Waals surface area contributed by atoms with Crippen LogP contribution in [-0.4, -0.2) is 31.5 Å². The summed E-state index contributed by atoms with van der Waals surface area (Å²) in [7, 11) is 0. The fourth-order valence-corrected chi connectivity index (χ4v) is 4.01. The summed E-state index contributed by atoms with van der Waals surface area (Å²) in [4.78, 5) is 34.4. The second-order valence-electron chi connectivity index (χ2n) is 8.44. The molecule has 1 aromatic carbocycles. The third-order valence-electron chi connectivity index (χ3n) is 6.22. The summed E-state index contributed by atoms with van der Waals surface area (Å²) >= 11 is 0. The number of ether oxygens (including phenoxy) is 2. The van der Waals surface area contributed by atoms with Crippen molar-refractivity contribution in [2.45, 2.75) is 93.1 Å². The zero-order valence-electron chi connectivity index (χ0n) is 23.2. The second kappa shape index (κ2) is 20.3. The molecular weight excluding hydrogens is 454 g/mol. The number of esters is 1. The monoisotopic (exact) mass is 501 g/mol. The van der Waals surface area contributed by atoms with Crippen LogP contribution in [-0.2, 0) is 25.7 Å². The molecule has 0 unspecified atom stereocenters. The third kappa shape index (κ3) is 12.2. The van der Waals surface area contributed by atoms with Gasteiger partial charge in [-0.05, 0) is 51.0 Å². The van der Waals surface area contributed by atoms with Gasteiger partial charge in [0.15, 0.2) is 0 Å². The van der Waals surface area contributed by atoms with E-state index in [-0.39, 0.29) is 23.9 Å². The molecule has 1 aromatic rings. The van der Waals surface area contributed by atoms with Gasteiger partial charge in [-0.1, -0.05) is 83.4 Å². The zero-order valence-corrected chi connectivity index (χ0v) is 23.2. The van der Waals surface area contributed by atoms with E-state index in [1.807, 2.05) is 52.0 Å². The van der Waals surface area contributed by atoms with E-state index in [2.05, 4.69) is 17.0 Å². The van der Waals surface area contributed by atoms with Crippen molar-refractivity contribution in [3.05, 3.63) is 59.2 Å². The minimum absolute atomic E-state index is 0.0820. The summed E-state index contributed by atoms with van der Waals surface area (Å²) < 4.78 is 9.62. The van der Waals surface area contributed by atoms with Crippen molar-refractivity contribution in [1.29, 1.82) is 0 Å². The summed E-state index contributed by atoms with van der Waals surface area (Å²) in [6, 6.07) is 7.35. The van der Waals surface area contributed by atoms with Gasteiger partial charge in [0.25, 0.3) is 12.4 Å². The van der Waals surface area contributed by atoms with Crippen LogP contribution in [0.25, 0.3) is 0 Å². The maximum Gasteiger partial charge on any atom is 0.338 e. The number of nitrogens with one attached hydrogen (secondary N) is 1. The fourth-order valence-electron chi connectivity index (χ4n) is 4.01. The van der Waals surface area contributed by atoms with Crippen molar-refractivity contribution >= 4 is 18.3 Å². The molecule has 0 heterocycles. The Balaban J connectivity index is 0.00000156. The highest BCUT2D eigenvalue weighted by Gasteiger charge is 2.30. The Labute approximate surface area is 218 Å². The Bertz CT molecular complexity index is 822. The first-order valence-electron chi connectivity index (χ1n) is 13.4. The van der Waals surface area contributed by atoms with Crippen molar-refractivity contribution in [2.24, 2.45) is 5.41 Å². The van der Waals surface area contributed by atoms with Crippen LogP contribution in [0.4, 0.5) is 0 Å². The Morgan fingerprint density at radius 3 is 2.25 bits per heavy atom. The molecule has 1 N–H and O–H groups in total. The number of carbonyl (C=O) groups is 3. The Morgan fingerprint density at radius 2 is 1.72 bits per heavy atom. The van der Waals surface area contributed by atoms with Gasteiger partial charge in [0.2, 0.25) is 0 Å². The lowest BCUT2D eigenvalue weighted by Gasteiger charge is -2.36. The van der Waals surface area contributed by atoms with E-state index in [1.165, 1.54) is 32.1 Å². The lowest BCUT2D eigenvalue weighted by atomic mass is 9.72. The molecule has 0 saturated heterocycles. The smallest absolute Gasteiger partial charge is 0.338 e. The summed E-state index contributed by atoms with van der Waals surface area (Å²) in [5.74, 6) is -0.466. The quantitative estimate of drug-likeness (QED) is 0.154. The number of carbonyl (C=O) groups excluding carboxylic acids is 3. The van der Waals surface area contributed by atoms with Gasteiger partial charge in [0.1, 0.15) is 6.61 Å². The van der Waals surface area contributed by atoms with Crippen LogP contribution in [0, 0.1) is 5.41 Å². The number of rotatable bonds is 11. The topological polar surface area (TPSA) is 81.7 Å². The van der Waals surface area contributed by atoms with E-state index >= 15 is 0 Å². The van der Waals surface area contributed by atoms with Crippen molar-refractivity contribution in [2.75, 3.05) is 13.2 Å². The highest BCUT2D eigenvalue weighted by atomic mass is 16.5. The van der Waals surface area contributed by atoms with Crippen LogP contribution in [0.3, 0.4) is 0 Å². The van der Waals surface area contributed by atoms with Crippen LogP contribution in [0.1, 0.15) is 102 Å². The SMILES string of the molecule is C/C=C(\C=C/CC)C(=O)OCc1ccccc1C(=O)NCC1(CC)CCCCC1.CC.CCOC=O. The van der Waals surface area contributed by atoms with Crippen LogP contribution in [0.5, 0.6) is 0 Å². The molecule has 36 heavy (non-hydrogen) atoms. The van der Waals surface area contributed by atoms with Gasteiger partial charge in [-0.25, -0.2) is 4.79 Å². The van der Waals surface area contributed by atoms with Crippen LogP contribution in [0.2, 0.25) is 0 Å². The van der Waals surface area contributed by atoms with Gasteiger partial charge in [-0.2, -0.15) is 0 Å². The predicted molar refractivity (Wildman–Crippen MR) is 147 cm³/mol. The molecule has 1 aliphatic carbocycles. The van der Waals surface area contributed by atoms with Gasteiger partial charge in [-0.3, -0.25) is 9.59 Å². The molecular formula is C30H47NO5. The second-order valence-corrected chi connectivity index (χ2v) is 8.44. The van der Waals surface area contributed by atoms with E-state index in [1.54, 1.807) is 25.1 Å². The number of hydrogen-bond acceptors (Lipinski definition) is 5. The fraction of sp³-hybridized carbons (Fsp3) is 0.567. The lowest BCUT2D eigenvalue weighted by molar-refractivity contribution is -0.140. The highest BCUT2D eigenvalue weighted by Crippen LogP contribution is 2.38. The molecule has 1 amide bonds. The predicted octanol–water partition coefficient (Wildman–Crippen LogP) is 6.94. The van der Waals surface area contributed by atoms with Crippen molar-refractivity contribution in [1.82, 2.24) is 5.32 Å². The average molecular weight is 502 g/mol. The summed E-state index contributed by atoms with van der Waals surface area (Å²) in [5, 5.41) is 3.15.